The Hall–Kier alpha value is -2.83. The maximum absolute atomic E-state index is 12.7. The lowest BCUT2D eigenvalue weighted by molar-refractivity contribution is -0.137. The number of alkyl halides is 3. The van der Waals surface area contributed by atoms with Crippen LogP contribution in [-0.2, 0) is 19.1 Å². The predicted molar refractivity (Wildman–Crippen MR) is 89.9 cm³/mol. The summed E-state index contributed by atoms with van der Waals surface area (Å²) in [5.74, 6) is 0.726. The first-order chi connectivity index (χ1) is 12.4. The molecule has 0 saturated carbocycles. The van der Waals surface area contributed by atoms with Gasteiger partial charge in [0, 0.05) is 18.2 Å². The van der Waals surface area contributed by atoms with Crippen LogP contribution in [0.2, 0.25) is 0 Å². The lowest BCUT2D eigenvalue weighted by Crippen LogP contribution is -2.05. The number of aromatic nitrogens is 3. The van der Waals surface area contributed by atoms with Crippen LogP contribution in [0.15, 0.2) is 42.6 Å². The van der Waals surface area contributed by atoms with Gasteiger partial charge >= 0.3 is 6.18 Å². The van der Waals surface area contributed by atoms with E-state index in [4.69, 9.17) is 4.74 Å². The Labute approximate surface area is 148 Å². The first kappa shape index (κ1) is 16.6. The SMILES string of the molecule is Cc1nn2c(c1-c1cccnc1Cc1ccc(C(F)(F)F)cc1)OCC2. The largest absolute Gasteiger partial charge is 0.475 e. The predicted octanol–water partition coefficient (Wildman–Crippen LogP) is 4.26. The molecule has 7 heteroatoms. The summed E-state index contributed by atoms with van der Waals surface area (Å²) in [6.07, 6.45) is -2.22. The van der Waals surface area contributed by atoms with Gasteiger partial charge < -0.3 is 4.74 Å². The Bertz CT molecular complexity index is 946. The molecule has 134 valence electrons. The molecule has 26 heavy (non-hydrogen) atoms. The van der Waals surface area contributed by atoms with Crippen LogP contribution >= 0.6 is 0 Å². The molecule has 3 heterocycles. The fraction of sp³-hybridized carbons (Fsp3) is 0.263. The molecule has 0 amide bonds. The van der Waals surface area contributed by atoms with Gasteiger partial charge in [0.25, 0.3) is 0 Å². The standard InChI is InChI=1S/C19H16F3N3O/c1-12-17(18-25(24-12)9-10-26-18)15-3-2-8-23-16(15)11-13-4-6-14(7-5-13)19(20,21)22/h2-8H,9-11H2,1H3. The van der Waals surface area contributed by atoms with E-state index in [0.717, 1.165) is 46.1 Å². The van der Waals surface area contributed by atoms with Gasteiger partial charge in [0.15, 0.2) is 0 Å². The normalized spacial score (nSPS) is 13.5. The number of pyridine rings is 1. The number of benzene rings is 1. The number of fused-ring (bicyclic) bond motifs is 1. The first-order valence-corrected chi connectivity index (χ1v) is 8.24. The molecule has 4 nitrogen and oxygen atoms in total. The average molecular weight is 359 g/mol. The van der Waals surface area contributed by atoms with Crippen LogP contribution < -0.4 is 4.74 Å². The molecule has 0 atom stereocenters. The smallest absolute Gasteiger partial charge is 0.416 e. The molecule has 2 aromatic heterocycles. The minimum Gasteiger partial charge on any atom is -0.475 e. The van der Waals surface area contributed by atoms with Crippen molar-refractivity contribution in [2.75, 3.05) is 6.61 Å². The number of hydrogen-bond acceptors (Lipinski definition) is 3. The number of ether oxygens (including phenoxy) is 1. The summed E-state index contributed by atoms with van der Waals surface area (Å²) in [5.41, 5.74) is 3.54. The second kappa shape index (κ2) is 6.16. The quantitative estimate of drug-likeness (QED) is 0.702. The maximum atomic E-state index is 12.7. The minimum absolute atomic E-state index is 0.429. The summed E-state index contributed by atoms with van der Waals surface area (Å²) in [5, 5.41) is 4.49. The van der Waals surface area contributed by atoms with Crippen molar-refractivity contribution >= 4 is 0 Å². The van der Waals surface area contributed by atoms with Gasteiger partial charge in [0.1, 0.15) is 6.61 Å². The van der Waals surface area contributed by atoms with Crippen molar-refractivity contribution in [2.45, 2.75) is 26.1 Å². The van der Waals surface area contributed by atoms with Gasteiger partial charge in [-0.05, 0) is 30.7 Å². The zero-order valence-corrected chi connectivity index (χ0v) is 14.0. The van der Waals surface area contributed by atoms with Gasteiger partial charge in [-0.1, -0.05) is 18.2 Å². The van der Waals surface area contributed by atoms with Gasteiger partial charge in [-0.3, -0.25) is 4.98 Å². The van der Waals surface area contributed by atoms with Crippen molar-refractivity contribution in [3.8, 4) is 17.0 Å². The third-order valence-electron chi connectivity index (χ3n) is 4.44. The number of aryl methyl sites for hydroxylation is 1. The fourth-order valence-corrected chi connectivity index (χ4v) is 3.21. The zero-order valence-electron chi connectivity index (χ0n) is 14.0. The molecule has 0 fully saturated rings. The number of rotatable bonds is 3. The third-order valence-corrected chi connectivity index (χ3v) is 4.44. The van der Waals surface area contributed by atoms with E-state index in [2.05, 4.69) is 10.1 Å². The van der Waals surface area contributed by atoms with Crippen LogP contribution in [-0.4, -0.2) is 21.4 Å². The van der Waals surface area contributed by atoms with Gasteiger partial charge in [-0.25, -0.2) is 4.68 Å². The average Bonchev–Trinajstić information content (AvgIpc) is 3.15. The Morgan fingerprint density at radius 3 is 2.65 bits per heavy atom. The molecular weight excluding hydrogens is 343 g/mol. The van der Waals surface area contributed by atoms with Crippen LogP contribution in [0.25, 0.3) is 11.1 Å². The molecule has 1 aromatic carbocycles. The van der Waals surface area contributed by atoms with Crippen molar-refractivity contribution in [1.82, 2.24) is 14.8 Å². The topological polar surface area (TPSA) is 39.9 Å². The van der Waals surface area contributed by atoms with E-state index in [-0.39, 0.29) is 0 Å². The number of halogens is 3. The second-order valence-electron chi connectivity index (χ2n) is 6.21. The van der Waals surface area contributed by atoms with E-state index in [0.29, 0.717) is 19.6 Å². The van der Waals surface area contributed by atoms with Gasteiger partial charge in [-0.15, -0.1) is 0 Å². The second-order valence-corrected chi connectivity index (χ2v) is 6.21. The fourth-order valence-electron chi connectivity index (χ4n) is 3.21. The van der Waals surface area contributed by atoms with Gasteiger partial charge in [0.05, 0.1) is 29.1 Å². The van der Waals surface area contributed by atoms with E-state index < -0.39 is 11.7 Å². The Balaban J connectivity index is 1.69. The molecular formula is C19H16F3N3O. The Kier molecular flexibility index (Phi) is 3.94. The van der Waals surface area contributed by atoms with Crippen molar-refractivity contribution in [2.24, 2.45) is 0 Å². The summed E-state index contributed by atoms with van der Waals surface area (Å²) in [6.45, 7) is 3.22. The number of hydrogen-bond donors (Lipinski definition) is 0. The summed E-state index contributed by atoms with van der Waals surface area (Å²) >= 11 is 0. The van der Waals surface area contributed by atoms with E-state index >= 15 is 0 Å². The summed E-state index contributed by atoms with van der Waals surface area (Å²) in [7, 11) is 0. The molecule has 4 rings (SSSR count). The van der Waals surface area contributed by atoms with Gasteiger partial charge in [0.2, 0.25) is 5.88 Å². The first-order valence-electron chi connectivity index (χ1n) is 8.24. The molecule has 0 aliphatic carbocycles. The van der Waals surface area contributed by atoms with Crippen molar-refractivity contribution in [3.63, 3.8) is 0 Å². The van der Waals surface area contributed by atoms with Crippen LogP contribution in [0.4, 0.5) is 13.2 Å². The highest BCUT2D eigenvalue weighted by Gasteiger charge is 2.30. The van der Waals surface area contributed by atoms with E-state index in [1.165, 1.54) is 12.1 Å². The van der Waals surface area contributed by atoms with E-state index in [1.807, 2.05) is 23.7 Å². The molecule has 1 aliphatic heterocycles. The maximum Gasteiger partial charge on any atom is 0.416 e. The Morgan fingerprint density at radius 2 is 1.92 bits per heavy atom. The van der Waals surface area contributed by atoms with E-state index in [1.54, 1.807) is 6.20 Å². The lowest BCUT2D eigenvalue weighted by atomic mass is 9.99. The van der Waals surface area contributed by atoms with Crippen molar-refractivity contribution < 1.29 is 17.9 Å². The molecule has 3 aromatic rings. The molecule has 0 spiro atoms. The molecule has 0 bridgehead atoms. The third kappa shape index (κ3) is 2.94. The van der Waals surface area contributed by atoms with E-state index in [9.17, 15) is 13.2 Å². The highest BCUT2D eigenvalue weighted by atomic mass is 19.4. The summed E-state index contributed by atoms with van der Waals surface area (Å²) in [4.78, 5) is 4.45. The molecule has 0 unspecified atom stereocenters. The monoisotopic (exact) mass is 359 g/mol. The van der Waals surface area contributed by atoms with Gasteiger partial charge in [-0.2, -0.15) is 18.3 Å². The lowest BCUT2D eigenvalue weighted by Gasteiger charge is -2.11. The highest BCUT2D eigenvalue weighted by Crippen LogP contribution is 2.37. The number of nitrogens with zero attached hydrogens (tertiary/aromatic N) is 3. The molecule has 0 N–H and O–H groups in total. The summed E-state index contributed by atoms with van der Waals surface area (Å²) < 4.78 is 45.7. The summed E-state index contributed by atoms with van der Waals surface area (Å²) in [6, 6.07) is 8.97. The molecule has 1 aliphatic rings. The Morgan fingerprint density at radius 1 is 1.15 bits per heavy atom. The molecule has 0 saturated heterocycles. The van der Waals surface area contributed by atoms with Crippen molar-refractivity contribution in [3.05, 3.63) is 65.1 Å². The minimum atomic E-state index is -4.33. The van der Waals surface area contributed by atoms with Crippen molar-refractivity contribution in [1.29, 1.82) is 0 Å². The van der Waals surface area contributed by atoms with Crippen LogP contribution in [0.5, 0.6) is 5.88 Å². The van der Waals surface area contributed by atoms with Crippen LogP contribution in [0.1, 0.15) is 22.5 Å². The zero-order chi connectivity index (χ0) is 18.3. The molecule has 0 radical (unpaired) electrons. The van der Waals surface area contributed by atoms with Crippen LogP contribution in [0.3, 0.4) is 0 Å². The van der Waals surface area contributed by atoms with Crippen LogP contribution in [0, 0.1) is 6.92 Å². The highest BCUT2D eigenvalue weighted by molar-refractivity contribution is 5.74.